The fraction of sp³-hybridized carbons (Fsp3) is 0.500. The molecule has 0 spiro atoms. The lowest BCUT2D eigenvalue weighted by Crippen LogP contribution is -2.07. The molecule has 0 bridgehead atoms. The first-order valence-corrected chi connectivity index (χ1v) is 5.78. The molecule has 1 heteroatoms. The molecule has 0 aliphatic rings. The van der Waals surface area contributed by atoms with Crippen LogP contribution in [0.3, 0.4) is 0 Å². The first kappa shape index (κ1) is 13.9. The van der Waals surface area contributed by atoms with Crippen LogP contribution in [0.5, 0.6) is 0 Å². The summed E-state index contributed by atoms with van der Waals surface area (Å²) in [5, 5.41) is 0. The molecule has 0 aliphatic heterocycles. The molecule has 0 heterocycles. The SMILES string of the molecule is CC.CCc1cccc(C(=O)C(C)C)c1. The molecule has 0 N–H and O–H groups in total. The maximum absolute atomic E-state index is 11.6. The number of ketones is 1. The van der Waals surface area contributed by atoms with Gasteiger partial charge in [-0.15, -0.1) is 0 Å². The second kappa shape index (κ2) is 7.22. The number of aryl methyl sites for hydroxylation is 1. The average Bonchev–Trinajstić information content (AvgIpc) is 2.30. The summed E-state index contributed by atoms with van der Waals surface area (Å²) in [6, 6.07) is 7.88. The van der Waals surface area contributed by atoms with Crippen molar-refractivity contribution in [2.75, 3.05) is 0 Å². The Morgan fingerprint density at radius 2 is 1.87 bits per heavy atom. The number of carbonyl (C=O) groups is 1. The zero-order valence-electron chi connectivity index (χ0n) is 10.5. The maximum atomic E-state index is 11.6. The summed E-state index contributed by atoms with van der Waals surface area (Å²) in [5.41, 5.74) is 2.07. The zero-order valence-corrected chi connectivity index (χ0v) is 10.5. The average molecular weight is 206 g/mol. The highest BCUT2D eigenvalue weighted by Crippen LogP contribution is 2.10. The standard InChI is InChI=1S/C12H16O.C2H6/c1-4-10-6-5-7-11(8-10)12(13)9(2)3;1-2/h5-9H,4H2,1-3H3;1-2H3. The number of hydrogen-bond acceptors (Lipinski definition) is 1. The van der Waals surface area contributed by atoms with Crippen molar-refractivity contribution in [3.8, 4) is 0 Å². The van der Waals surface area contributed by atoms with Gasteiger partial charge in [0.25, 0.3) is 0 Å². The van der Waals surface area contributed by atoms with Crippen molar-refractivity contribution < 1.29 is 4.79 Å². The van der Waals surface area contributed by atoms with Gasteiger partial charge in [-0.1, -0.05) is 52.8 Å². The molecule has 0 amide bonds. The summed E-state index contributed by atoms with van der Waals surface area (Å²) in [7, 11) is 0. The predicted molar refractivity (Wildman–Crippen MR) is 66.3 cm³/mol. The van der Waals surface area contributed by atoms with Crippen LogP contribution in [-0.4, -0.2) is 5.78 Å². The fourth-order valence-electron chi connectivity index (χ4n) is 1.28. The molecule has 0 aliphatic carbocycles. The third kappa shape index (κ3) is 4.28. The van der Waals surface area contributed by atoms with Crippen LogP contribution in [0.2, 0.25) is 0 Å². The minimum Gasteiger partial charge on any atom is -0.294 e. The minimum absolute atomic E-state index is 0.0899. The first-order chi connectivity index (χ1) is 7.15. The highest BCUT2D eigenvalue weighted by molar-refractivity contribution is 5.97. The molecule has 0 aromatic heterocycles. The molecule has 0 saturated heterocycles. The van der Waals surface area contributed by atoms with Gasteiger partial charge < -0.3 is 0 Å². The van der Waals surface area contributed by atoms with Gasteiger partial charge in [-0.2, -0.15) is 0 Å². The van der Waals surface area contributed by atoms with Crippen molar-refractivity contribution in [1.29, 1.82) is 0 Å². The van der Waals surface area contributed by atoms with Gasteiger partial charge in [0.1, 0.15) is 0 Å². The molecule has 0 fully saturated rings. The number of rotatable bonds is 3. The number of carbonyl (C=O) groups excluding carboxylic acids is 1. The highest BCUT2D eigenvalue weighted by atomic mass is 16.1. The van der Waals surface area contributed by atoms with Gasteiger partial charge in [-0.25, -0.2) is 0 Å². The van der Waals surface area contributed by atoms with E-state index in [-0.39, 0.29) is 11.7 Å². The number of benzene rings is 1. The van der Waals surface area contributed by atoms with Crippen LogP contribution in [0, 0.1) is 5.92 Å². The molecular weight excluding hydrogens is 184 g/mol. The molecule has 0 atom stereocenters. The molecule has 1 aromatic rings. The van der Waals surface area contributed by atoms with Crippen LogP contribution in [-0.2, 0) is 6.42 Å². The van der Waals surface area contributed by atoms with Crippen molar-refractivity contribution in [2.24, 2.45) is 5.92 Å². The first-order valence-electron chi connectivity index (χ1n) is 5.78. The van der Waals surface area contributed by atoms with E-state index in [4.69, 9.17) is 0 Å². The second-order valence-corrected chi connectivity index (χ2v) is 3.57. The van der Waals surface area contributed by atoms with Crippen LogP contribution >= 0.6 is 0 Å². The van der Waals surface area contributed by atoms with Crippen LogP contribution in [0.4, 0.5) is 0 Å². The largest absolute Gasteiger partial charge is 0.294 e. The molecule has 1 rings (SSSR count). The summed E-state index contributed by atoms with van der Waals surface area (Å²) >= 11 is 0. The van der Waals surface area contributed by atoms with E-state index in [0.717, 1.165) is 12.0 Å². The Bertz CT molecular complexity index is 300. The molecule has 15 heavy (non-hydrogen) atoms. The summed E-state index contributed by atoms with van der Waals surface area (Å²) in [4.78, 5) is 11.6. The lowest BCUT2D eigenvalue weighted by Gasteiger charge is -2.05. The molecule has 84 valence electrons. The van der Waals surface area contributed by atoms with Gasteiger partial charge in [-0.3, -0.25) is 4.79 Å². The number of Topliss-reactive ketones (excluding diaryl/α,β-unsaturated/α-hetero) is 1. The highest BCUT2D eigenvalue weighted by Gasteiger charge is 2.09. The third-order valence-electron chi connectivity index (χ3n) is 2.14. The minimum atomic E-state index is 0.0899. The molecule has 0 radical (unpaired) electrons. The number of hydrogen-bond donors (Lipinski definition) is 0. The van der Waals surface area contributed by atoms with Gasteiger partial charge >= 0.3 is 0 Å². The Kier molecular flexibility index (Phi) is 6.68. The van der Waals surface area contributed by atoms with Crippen molar-refractivity contribution in [2.45, 2.75) is 41.0 Å². The van der Waals surface area contributed by atoms with Gasteiger partial charge in [0.05, 0.1) is 0 Å². The maximum Gasteiger partial charge on any atom is 0.165 e. The topological polar surface area (TPSA) is 17.1 Å². The van der Waals surface area contributed by atoms with Crippen LogP contribution in [0.1, 0.15) is 50.5 Å². The van der Waals surface area contributed by atoms with E-state index in [0.29, 0.717) is 0 Å². The third-order valence-corrected chi connectivity index (χ3v) is 2.14. The smallest absolute Gasteiger partial charge is 0.165 e. The van der Waals surface area contributed by atoms with Gasteiger partial charge in [-0.05, 0) is 18.1 Å². The van der Waals surface area contributed by atoms with E-state index in [1.165, 1.54) is 5.56 Å². The van der Waals surface area contributed by atoms with E-state index in [9.17, 15) is 4.79 Å². The monoisotopic (exact) mass is 206 g/mol. The van der Waals surface area contributed by atoms with E-state index in [1.54, 1.807) is 0 Å². The molecular formula is C14H22O. The van der Waals surface area contributed by atoms with Crippen molar-refractivity contribution in [3.63, 3.8) is 0 Å². The summed E-state index contributed by atoms with van der Waals surface area (Å²) in [6.45, 7) is 9.96. The van der Waals surface area contributed by atoms with Crippen LogP contribution in [0.15, 0.2) is 24.3 Å². The summed E-state index contributed by atoms with van der Waals surface area (Å²) in [5.74, 6) is 0.322. The second-order valence-electron chi connectivity index (χ2n) is 3.57. The van der Waals surface area contributed by atoms with Crippen molar-refractivity contribution in [1.82, 2.24) is 0 Å². The fourth-order valence-corrected chi connectivity index (χ4v) is 1.28. The van der Waals surface area contributed by atoms with E-state index in [1.807, 2.05) is 45.9 Å². The quantitative estimate of drug-likeness (QED) is 0.680. The molecule has 0 saturated carbocycles. The van der Waals surface area contributed by atoms with Crippen molar-refractivity contribution >= 4 is 5.78 Å². The zero-order chi connectivity index (χ0) is 11.8. The van der Waals surface area contributed by atoms with E-state index in [2.05, 4.69) is 13.0 Å². The predicted octanol–water partition coefficient (Wildman–Crippen LogP) is 4.11. The Labute approximate surface area is 93.5 Å². The summed E-state index contributed by atoms with van der Waals surface area (Å²) < 4.78 is 0. The normalized spacial score (nSPS) is 9.47. The van der Waals surface area contributed by atoms with Gasteiger partial charge in [0, 0.05) is 11.5 Å². The Morgan fingerprint density at radius 3 is 2.33 bits per heavy atom. The molecule has 0 unspecified atom stereocenters. The molecule has 1 aromatic carbocycles. The van der Waals surface area contributed by atoms with Crippen LogP contribution in [0.25, 0.3) is 0 Å². The van der Waals surface area contributed by atoms with Crippen LogP contribution < -0.4 is 0 Å². The Morgan fingerprint density at radius 1 is 1.27 bits per heavy atom. The van der Waals surface area contributed by atoms with E-state index < -0.39 is 0 Å². The Hall–Kier alpha value is -1.11. The Balaban J connectivity index is 0.000000921. The van der Waals surface area contributed by atoms with Gasteiger partial charge in [0.2, 0.25) is 0 Å². The van der Waals surface area contributed by atoms with E-state index >= 15 is 0 Å². The molecule has 1 nitrogen and oxygen atoms in total. The lowest BCUT2D eigenvalue weighted by molar-refractivity contribution is 0.0939. The van der Waals surface area contributed by atoms with Gasteiger partial charge in [0.15, 0.2) is 5.78 Å². The summed E-state index contributed by atoms with van der Waals surface area (Å²) in [6.07, 6.45) is 0.985. The van der Waals surface area contributed by atoms with Crippen molar-refractivity contribution in [3.05, 3.63) is 35.4 Å². The lowest BCUT2D eigenvalue weighted by atomic mass is 9.99.